The van der Waals surface area contributed by atoms with E-state index < -0.39 is 0 Å². The van der Waals surface area contributed by atoms with Crippen LogP contribution in [0.1, 0.15) is 16.8 Å². The normalized spacial score (nSPS) is 14.1. The molecule has 0 aliphatic carbocycles. The van der Waals surface area contributed by atoms with E-state index in [1.165, 1.54) is 16.8 Å². The van der Waals surface area contributed by atoms with Crippen molar-refractivity contribution in [3.05, 3.63) is 45.7 Å². The average molecular weight is 278 g/mol. The van der Waals surface area contributed by atoms with Gasteiger partial charge in [0.1, 0.15) is 4.60 Å². The molecule has 2 heterocycles. The van der Waals surface area contributed by atoms with E-state index in [4.69, 9.17) is 0 Å². The van der Waals surface area contributed by atoms with E-state index >= 15 is 0 Å². The highest BCUT2D eigenvalue weighted by molar-refractivity contribution is 9.10. The van der Waals surface area contributed by atoms with Crippen molar-refractivity contribution in [3.63, 3.8) is 0 Å². The van der Waals surface area contributed by atoms with Crippen LogP contribution in [0.15, 0.2) is 28.9 Å². The molecular formula is C12H12BrN3. The van der Waals surface area contributed by atoms with E-state index in [2.05, 4.69) is 57.5 Å². The summed E-state index contributed by atoms with van der Waals surface area (Å²) in [5, 5.41) is 7.86. The monoisotopic (exact) mass is 277 g/mol. The first-order chi connectivity index (χ1) is 7.75. The van der Waals surface area contributed by atoms with Crippen LogP contribution >= 0.6 is 15.9 Å². The largest absolute Gasteiger partial charge is 0.307 e. The van der Waals surface area contributed by atoms with Crippen LogP contribution in [0, 0.1) is 6.92 Å². The van der Waals surface area contributed by atoms with Gasteiger partial charge in [-0.25, -0.2) is 4.68 Å². The molecule has 1 aromatic carbocycles. The van der Waals surface area contributed by atoms with Crippen LogP contribution < -0.4 is 5.32 Å². The summed E-state index contributed by atoms with van der Waals surface area (Å²) in [4.78, 5) is 0. The summed E-state index contributed by atoms with van der Waals surface area (Å²) < 4.78 is 2.96. The molecule has 2 aromatic rings. The summed E-state index contributed by atoms with van der Waals surface area (Å²) in [5.41, 5.74) is 4.93. The van der Waals surface area contributed by atoms with Gasteiger partial charge >= 0.3 is 0 Å². The van der Waals surface area contributed by atoms with Crippen molar-refractivity contribution >= 4 is 15.9 Å². The number of aryl methyl sites for hydroxylation is 1. The predicted octanol–water partition coefficient (Wildman–Crippen LogP) is 2.55. The van der Waals surface area contributed by atoms with Gasteiger partial charge in [-0.05, 0) is 35.0 Å². The molecule has 0 amide bonds. The number of halogens is 1. The van der Waals surface area contributed by atoms with Crippen molar-refractivity contribution < 1.29 is 0 Å². The molecule has 0 saturated carbocycles. The van der Waals surface area contributed by atoms with Crippen molar-refractivity contribution in [3.8, 4) is 5.69 Å². The molecule has 1 aromatic heterocycles. The molecule has 16 heavy (non-hydrogen) atoms. The maximum absolute atomic E-state index is 4.53. The highest BCUT2D eigenvalue weighted by Gasteiger charge is 2.21. The van der Waals surface area contributed by atoms with E-state index in [-0.39, 0.29) is 0 Å². The second-order valence-corrected chi connectivity index (χ2v) is 4.82. The van der Waals surface area contributed by atoms with Crippen LogP contribution in [0.25, 0.3) is 5.69 Å². The molecule has 4 heteroatoms. The van der Waals surface area contributed by atoms with Gasteiger partial charge in [0, 0.05) is 18.7 Å². The summed E-state index contributed by atoms with van der Waals surface area (Å²) >= 11 is 3.51. The Labute approximate surface area is 103 Å². The molecule has 0 spiro atoms. The minimum Gasteiger partial charge on any atom is -0.307 e. The van der Waals surface area contributed by atoms with Gasteiger partial charge in [-0.15, -0.1) is 0 Å². The summed E-state index contributed by atoms with van der Waals surface area (Å²) in [6.45, 7) is 3.89. The Kier molecular flexibility index (Phi) is 2.33. The van der Waals surface area contributed by atoms with Gasteiger partial charge in [0.25, 0.3) is 0 Å². The first kappa shape index (κ1) is 10.1. The van der Waals surface area contributed by atoms with Gasteiger partial charge in [0.05, 0.1) is 11.4 Å². The molecule has 1 aliphatic heterocycles. The number of fused-ring (bicyclic) bond motifs is 1. The zero-order chi connectivity index (χ0) is 11.1. The van der Waals surface area contributed by atoms with Crippen LogP contribution in [-0.2, 0) is 13.1 Å². The van der Waals surface area contributed by atoms with Crippen molar-refractivity contribution in [2.24, 2.45) is 0 Å². The summed E-state index contributed by atoms with van der Waals surface area (Å²) in [7, 11) is 0. The average Bonchev–Trinajstić information content (AvgIpc) is 2.84. The Balaban J connectivity index is 2.13. The number of aromatic nitrogens is 2. The van der Waals surface area contributed by atoms with Crippen molar-refractivity contribution in [1.82, 2.24) is 15.1 Å². The van der Waals surface area contributed by atoms with Gasteiger partial charge in [-0.1, -0.05) is 17.7 Å². The molecule has 82 valence electrons. The number of benzene rings is 1. The minimum absolute atomic E-state index is 0.891. The Morgan fingerprint density at radius 3 is 2.75 bits per heavy atom. The topological polar surface area (TPSA) is 29.9 Å². The van der Waals surface area contributed by atoms with Crippen molar-refractivity contribution in [2.75, 3.05) is 0 Å². The SMILES string of the molecule is Cc1ccc(-n2nc(Br)c3c2CNC3)cc1. The van der Waals surface area contributed by atoms with Crippen LogP contribution in [0.5, 0.6) is 0 Å². The van der Waals surface area contributed by atoms with E-state index in [0.29, 0.717) is 0 Å². The summed E-state index contributed by atoms with van der Waals surface area (Å²) in [6.07, 6.45) is 0. The predicted molar refractivity (Wildman–Crippen MR) is 66.5 cm³/mol. The van der Waals surface area contributed by atoms with Crippen LogP contribution in [-0.4, -0.2) is 9.78 Å². The van der Waals surface area contributed by atoms with Crippen molar-refractivity contribution in [2.45, 2.75) is 20.0 Å². The highest BCUT2D eigenvalue weighted by Crippen LogP contribution is 2.26. The number of nitrogens with zero attached hydrogens (tertiary/aromatic N) is 2. The minimum atomic E-state index is 0.891. The second-order valence-electron chi connectivity index (χ2n) is 4.07. The fraction of sp³-hybridized carbons (Fsp3) is 0.250. The molecule has 3 rings (SSSR count). The maximum atomic E-state index is 4.53. The van der Waals surface area contributed by atoms with E-state index in [9.17, 15) is 0 Å². The highest BCUT2D eigenvalue weighted by atomic mass is 79.9. The molecular weight excluding hydrogens is 266 g/mol. The quantitative estimate of drug-likeness (QED) is 0.868. The van der Waals surface area contributed by atoms with Gasteiger partial charge in [0.2, 0.25) is 0 Å². The zero-order valence-electron chi connectivity index (χ0n) is 9.00. The maximum Gasteiger partial charge on any atom is 0.133 e. The van der Waals surface area contributed by atoms with Crippen LogP contribution in [0.3, 0.4) is 0 Å². The third-order valence-corrected chi connectivity index (χ3v) is 3.55. The zero-order valence-corrected chi connectivity index (χ0v) is 10.6. The Morgan fingerprint density at radius 1 is 1.25 bits per heavy atom. The van der Waals surface area contributed by atoms with E-state index in [1.54, 1.807) is 0 Å². The molecule has 0 atom stereocenters. The summed E-state index contributed by atoms with van der Waals surface area (Å²) in [6, 6.07) is 8.43. The Morgan fingerprint density at radius 2 is 2.00 bits per heavy atom. The third-order valence-electron chi connectivity index (χ3n) is 2.91. The lowest BCUT2D eigenvalue weighted by molar-refractivity contribution is 0.707. The third kappa shape index (κ3) is 1.49. The number of hydrogen-bond donors (Lipinski definition) is 1. The smallest absolute Gasteiger partial charge is 0.133 e. The molecule has 0 radical (unpaired) electrons. The number of hydrogen-bond acceptors (Lipinski definition) is 2. The fourth-order valence-corrected chi connectivity index (χ4v) is 2.55. The molecule has 0 bridgehead atoms. The molecule has 3 nitrogen and oxygen atoms in total. The van der Waals surface area contributed by atoms with Crippen LogP contribution in [0.4, 0.5) is 0 Å². The van der Waals surface area contributed by atoms with Crippen molar-refractivity contribution in [1.29, 1.82) is 0 Å². The molecule has 0 unspecified atom stereocenters. The first-order valence-electron chi connectivity index (χ1n) is 5.30. The lowest BCUT2D eigenvalue weighted by Gasteiger charge is -2.05. The van der Waals surface area contributed by atoms with Gasteiger partial charge < -0.3 is 5.32 Å². The lowest BCUT2D eigenvalue weighted by atomic mass is 10.2. The van der Waals surface area contributed by atoms with Gasteiger partial charge in [-0.3, -0.25) is 0 Å². The number of rotatable bonds is 1. The lowest BCUT2D eigenvalue weighted by Crippen LogP contribution is -2.07. The standard InChI is InChI=1S/C12H12BrN3/c1-8-2-4-9(5-3-8)16-11-7-14-6-10(11)12(13)15-16/h2-5,14H,6-7H2,1H3. The van der Waals surface area contributed by atoms with Gasteiger partial charge in [-0.2, -0.15) is 5.10 Å². The molecule has 1 aliphatic rings. The van der Waals surface area contributed by atoms with Gasteiger partial charge in [0.15, 0.2) is 0 Å². The number of nitrogens with one attached hydrogen (secondary N) is 1. The summed E-state index contributed by atoms with van der Waals surface area (Å²) in [5.74, 6) is 0. The molecule has 0 saturated heterocycles. The Hall–Kier alpha value is -1.13. The van der Waals surface area contributed by atoms with E-state index in [0.717, 1.165) is 23.4 Å². The molecule has 0 fully saturated rings. The molecule has 1 N–H and O–H groups in total. The van der Waals surface area contributed by atoms with Crippen LogP contribution in [0.2, 0.25) is 0 Å². The Bertz CT molecular complexity index is 528. The second kappa shape index (κ2) is 3.71. The fourth-order valence-electron chi connectivity index (χ4n) is 2.02. The first-order valence-corrected chi connectivity index (χ1v) is 6.09. The van der Waals surface area contributed by atoms with E-state index in [1.807, 2.05) is 4.68 Å².